The molecule has 30 heavy (non-hydrogen) atoms. The van der Waals surface area contributed by atoms with Gasteiger partial charge >= 0.3 is 12.6 Å². The van der Waals surface area contributed by atoms with Crippen molar-refractivity contribution < 1.29 is 37.3 Å². The molecule has 0 N–H and O–H groups in total. The lowest BCUT2D eigenvalue weighted by Gasteiger charge is -2.10. The number of hydrogen-bond acceptors (Lipinski definition) is 7. The standard InChI is InChI=1S/C21H19F2NO6/c1-4-28-18-10-12(5-7-15(18)26-2)9-14-20(25)30-19(24-14)13-6-8-16(29-21(22)23)17(11-13)27-3/h5-11,21H,4H2,1-3H3. The predicted octanol–water partition coefficient (Wildman–Crippen LogP) is 4.05. The fraction of sp³-hybridized carbons (Fsp3) is 0.238. The van der Waals surface area contributed by atoms with Gasteiger partial charge in [0, 0.05) is 5.56 Å². The van der Waals surface area contributed by atoms with Crippen LogP contribution in [-0.4, -0.2) is 39.3 Å². The first kappa shape index (κ1) is 21.1. The predicted molar refractivity (Wildman–Crippen MR) is 104 cm³/mol. The number of cyclic esters (lactones) is 1. The first-order valence-electron chi connectivity index (χ1n) is 8.91. The van der Waals surface area contributed by atoms with E-state index in [2.05, 4.69) is 9.73 Å². The minimum Gasteiger partial charge on any atom is -0.493 e. The summed E-state index contributed by atoms with van der Waals surface area (Å²) >= 11 is 0. The summed E-state index contributed by atoms with van der Waals surface area (Å²) in [5.74, 6) is 0.385. The van der Waals surface area contributed by atoms with Crippen LogP contribution >= 0.6 is 0 Å². The van der Waals surface area contributed by atoms with E-state index in [1.165, 1.54) is 32.4 Å². The minimum atomic E-state index is -2.99. The summed E-state index contributed by atoms with van der Waals surface area (Å²) in [7, 11) is 2.84. The van der Waals surface area contributed by atoms with Crippen LogP contribution in [0.4, 0.5) is 8.78 Å². The molecule has 0 fully saturated rings. The van der Waals surface area contributed by atoms with E-state index in [4.69, 9.17) is 18.9 Å². The van der Waals surface area contributed by atoms with Crippen LogP contribution < -0.4 is 18.9 Å². The van der Waals surface area contributed by atoms with Gasteiger partial charge in [-0.15, -0.1) is 0 Å². The highest BCUT2D eigenvalue weighted by Gasteiger charge is 2.25. The van der Waals surface area contributed by atoms with Crippen molar-refractivity contribution in [3.05, 3.63) is 53.2 Å². The lowest BCUT2D eigenvalue weighted by Crippen LogP contribution is -2.07. The zero-order valence-electron chi connectivity index (χ0n) is 16.5. The summed E-state index contributed by atoms with van der Waals surface area (Å²) in [6.07, 6.45) is 1.54. The molecule has 1 aliphatic rings. The van der Waals surface area contributed by atoms with Crippen LogP contribution in [-0.2, 0) is 9.53 Å². The SMILES string of the molecule is CCOc1cc(C=C2N=C(c3ccc(OC(F)F)c(OC)c3)OC2=O)ccc1OC. The molecule has 0 saturated heterocycles. The molecule has 0 aliphatic carbocycles. The summed E-state index contributed by atoms with van der Waals surface area (Å²) in [5, 5.41) is 0. The third kappa shape index (κ3) is 4.68. The highest BCUT2D eigenvalue weighted by atomic mass is 19.3. The number of halogens is 2. The molecule has 0 atom stereocenters. The normalized spacial score (nSPS) is 14.5. The number of carbonyl (C=O) groups excluding carboxylic acids is 1. The lowest BCUT2D eigenvalue weighted by atomic mass is 10.1. The van der Waals surface area contributed by atoms with Gasteiger partial charge in [-0.3, -0.25) is 0 Å². The maximum Gasteiger partial charge on any atom is 0.387 e. The van der Waals surface area contributed by atoms with Crippen LogP contribution in [0.2, 0.25) is 0 Å². The molecular weight excluding hydrogens is 400 g/mol. The van der Waals surface area contributed by atoms with Gasteiger partial charge in [0.15, 0.2) is 28.7 Å². The molecule has 0 radical (unpaired) electrons. The summed E-state index contributed by atoms with van der Waals surface area (Å²) in [6, 6.07) is 9.30. The molecule has 2 aromatic carbocycles. The van der Waals surface area contributed by atoms with Crippen molar-refractivity contribution in [2.75, 3.05) is 20.8 Å². The van der Waals surface area contributed by atoms with Crippen LogP contribution in [0, 0.1) is 0 Å². The average Bonchev–Trinajstić information content (AvgIpc) is 3.08. The highest BCUT2D eigenvalue weighted by molar-refractivity contribution is 6.13. The van der Waals surface area contributed by atoms with Crippen molar-refractivity contribution in [3.8, 4) is 23.0 Å². The first-order valence-corrected chi connectivity index (χ1v) is 8.91. The Morgan fingerprint density at radius 1 is 1.03 bits per heavy atom. The lowest BCUT2D eigenvalue weighted by molar-refractivity contribution is -0.129. The van der Waals surface area contributed by atoms with Crippen LogP contribution in [0.15, 0.2) is 47.1 Å². The number of methoxy groups -OCH3 is 2. The fourth-order valence-electron chi connectivity index (χ4n) is 2.74. The number of hydrogen-bond donors (Lipinski definition) is 0. The molecule has 0 bridgehead atoms. The topological polar surface area (TPSA) is 75.6 Å². The number of esters is 1. The maximum atomic E-state index is 12.5. The average molecular weight is 419 g/mol. The van der Waals surface area contributed by atoms with E-state index in [0.29, 0.717) is 29.2 Å². The molecule has 1 heterocycles. The smallest absolute Gasteiger partial charge is 0.387 e. The Morgan fingerprint density at radius 3 is 2.43 bits per heavy atom. The molecule has 1 aliphatic heterocycles. The molecule has 9 heteroatoms. The number of alkyl halides is 2. The number of aliphatic imine (C=N–C) groups is 1. The zero-order chi connectivity index (χ0) is 21.7. The maximum absolute atomic E-state index is 12.5. The van der Waals surface area contributed by atoms with Gasteiger partial charge in [0.2, 0.25) is 5.90 Å². The van der Waals surface area contributed by atoms with Gasteiger partial charge < -0.3 is 23.7 Å². The van der Waals surface area contributed by atoms with E-state index in [0.717, 1.165) is 0 Å². The fourth-order valence-corrected chi connectivity index (χ4v) is 2.74. The van der Waals surface area contributed by atoms with Gasteiger partial charge in [-0.1, -0.05) is 6.07 Å². The van der Waals surface area contributed by atoms with Crippen molar-refractivity contribution >= 4 is 17.9 Å². The second-order valence-corrected chi connectivity index (χ2v) is 5.92. The molecular formula is C21H19F2NO6. The molecule has 0 saturated carbocycles. The Kier molecular flexibility index (Phi) is 6.51. The van der Waals surface area contributed by atoms with Crippen molar-refractivity contribution in [2.45, 2.75) is 13.5 Å². The van der Waals surface area contributed by atoms with E-state index in [1.54, 1.807) is 24.3 Å². The Balaban J connectivity index is 1.90. The Labute approximate surface area is 171 Å². The van der Waals surface area contributed by atoms with Crippen LogP contribution in [0.25, 0.3) is 6.08 Å². The van der Waals surface area contributed by atoms with Crippen LogP contribution in [0.3, 0.4) is 0 Å². The zero-order valence-corrected chi connectivity index (χ0v) is 16.5. The number of ether oxygens (including phenoxy) is 5. The Hall–Kier alpha value is -3.62. The molecule has 158 valence electrons. The van der Waals surface area contributed by atoms with E-state index in [1.807, 2.05) is 6.92 Å². The third-order valence-electron chi connectivity index (χ3n) is 4.04. The second kappa shape index (κ2) is 9.25. The second-order valence-electron chi connectivity index (χ2n) is 5.92. The monoisotopic (exact) mass is 419 g/mol. The number of rotatable bonds is 8. The largest absolute Gasteiger partial charge is 0.493 e. The van der Waals surface area contributed by atoms with Gasteiger partial charge in [-0.05, 0) is 48.9 Å². The summed E-state index contributed by atoms with van der Waals surface area (Å²) < 4.78 is 50.4. The molecule has 0 unspecified atom stereocenters. The van der Waals surface area contributed by atoms with Crippen molar-refractivity contribution in [3.63, 3.8) is 0 Å². The van der Waals surface area contributed by atoms with E-state index < -0.39 is 12.6 Å². The molecule has 7 nitrogen and oxygen atoms in total. The molecule has 2 aromatic rings. The third-order valence-corrected chi connectivity index (χ3v) is 4.04. The van der Waals surface area contributed by atoms with Gasteiger partial charge in [-0.25, -0.2) is 9.79 Å². The number of carbonyl (C=O) groups is 1. The summed E-state index contributed by atoms with van der Waals surface area (Å²) in [6.45, 7) is -0.693. The Morgan fingerprint density at radius 2 is 1.77 bits per heavy atom. The van der Waals surface area contributed by atoms with E-state index in [9.17, 15) is 13.6 Å². The molecule has 0 spiro atoms. The van der Waals surface area contributed by atoms with Crippen LogP contribution in [0.1, 0.15) is 18.1 Å². The molecule has 0 amide bonds. The summed E-state index contributed by atoms with van der Waals surface area (Å²) in [4.78, 5) is 16.5. The van der Waals surface area contributed by atoms with Gasteiger partial charge in [0.1, 0.15) is 0 Å². The van der Waals surface area contributed by atoms with Crippen molar-refractivity contribution in [1.29, 1.82) is 0 Å². The Bertz CT molecular complexity index is 1000. The first-order chi connectivity index (χ1) is 14.4. The van der Waals surface area contributed by atoms with Gasteiger partial charge in [0.25, 0.3) is 0 Å². The van der Waals surface area contributed by atoms with Gasteiger partial charge in [0.05, 0.1) is 20.8 Å². The highest BCUT2D eigenvalue weighted by Crippen LogP contribution is 2.32. The van der Waals surface area contributed by atoms with E-state index >= 15 is 0 Å². The number of nitrogens with zero attached hydrogens (tertiary/aromatic N) is 1. The van der Waals surface area contributed by atoms with Crippen molar-refractivity contribution in [2.24, 2.45) is 4.99 Å². The minimum absolute atomic E-state index is 0.0201. The van der Waals surface area contributed by atoms with Crippen molar-refractivity contribution in [1.82, 2.24) is 0 Å². The van der Waals surface area contributed by atoms with Crippen LogP contribution in [0.5, 0.6) is 23.0 Å². The molecule has 3 rings (SSSR count). The van der Waals surface area contributed by atoms with Gasteiger partial charge in [-0.2, -0.15) is 8.78 Å². The number of benzene rings is 2. The molecule has 0 aromatic heterocycles. The quantitative estimate of drug-likeness (QED) is 0.475. The summed E-state index contributed by atoms with van der Waals surface area (Å²) in [5.41, 5.74) is 1.11. The van der Waals surface area contributed by atoms with E-state index in [-0.39, 0.29) is 23.1 Å².